The molecule has 0 unspecified atom stereocenters. The summed E-state index contributed by atoms with van der Waals surface area (Å²) in [4.78, 5) is 22.5. The average Bonchev–Trinajstić information content (AvgIpc) is 2.28. The van der Waals surface area contributed by atoms with Crippen LogP contribution in [0.4, 0.5) is 0 Å². The van der Waals surface area contributed by atoms with Gasteiger partial charge < -0.3 is 4.74 Å². The Hall–Kier alpha value is -1.69. The summed E-state index contributed by atoms with van der Waals surface area (Å²) in [6.07, 6.45) is -0.498. The fourth-order valence-electron chi connectivity index (χ4n) is 1.55. The number of esters is 1. The molecule has 1 aromatic carbocycles. The number of Topliss-reactive ketones (excluding diaryl/α,β-unsaturated/α-hetero) is 1. The van der Waals surface area contributed by atoms with E-state index in [4.69, 9.17) is 0 Å². The Bertz CT molecular complexity index is 533. The van der Waals surface area contributed by atoms with Crippen molar-refractivity contribution in [2.75, 3.05) is 12.4 Å². The van der Waals surface area contributed by atoms with Crippen molar-refractivity contribution in [1.82, 2.24) is 0 Å². The van der Waals surface area contributed by atoms with Crippen LogP contribution in [0.25, 0.3) is 0 Å². The summed E-state index contributed by atoms with van der Waals surface area (Å²) in [5.74, 6) is -2.18. The Labute approximate surface area is 112 Å². The van der Waals surface area contributed by atoms with Crippen LogP contribution in [0, 0.1) is 0 Å². The lowest BCUT2D eigenvalue weighted by Crippen LogP contribution is -2.21. The standard InChI is InChI=1S/C13H16O5S/c1-2-18-13(15)8-12(14)10-19(16,17)9-11-6-4-3-5-7-11/h3-7H,2,8-10H2,1H3. The van der Waals surface area contributed by atoms with Gasteiger partial charge in [0, 0.05) is 0 Å². The zero-order valence-electron chi connectivity index (χ0n) is 10.7. The van der Waals surface area contributed by atoms with Gasteiger partial charge in [-0.25, -0.2) is 8.42 Å². The van der Waals surface area contributed by atoms with Crippen molar-refractivity contribution in [2.45, 2.75) is 19.1 Å². The molecule has 0 aromatic heterocycles. The smallest absolute Gasteiger partial charge is 0.313 e. The van der Waals surface area contributed by atoms with Gasteiger partial charge in [0.15, 0.2) is 15.6 Å². The van der Waals surface area contributed by atoms with E-state index in [1.54, 1.807) is 37.3 Å². The molecule has 19 heavy (non-hydrogen) atoms. The molecule has 0 radical (unpaired) electrons. The van der Waals surface area contributed by atoms with Crippen molar-refractivity contribution >= 4 is 21.6 Å². The summed E-state index contributed by atoms with van der Waals surface area (Å²) in [6, 6.07) is 8.58. The molecular weight excluding hydrogens is 268 g/mol. The molecule has 0 fully saturated rings. The molecule has 0 aliphatic rings. The fourth-order valence-corrected chi connectivity index (χ4v) is 2.94. The first-order chi connectivity index (χ1) is 8.93. The number of ether oxygens (including phenoxy) is 1. The number of carbonyl (C=O) groups is 2. The van der Waals surface area contributed by atoms with Gasteiger partial charge in [0.05, 0.1) is 12.4 Å². The minimum atomic E-state index is -3.55. The molecule has 1 rings (SSSR count). The molecule has 0 saturated heterocycles. The molecule has 0 atom stereocenters. The maximum absolute atomic E-state index is 11.8. The third kappa shape index (κ3) is 6.15. The van der Waals surface area contributed by atoms with E-state index in [0.29, 0.717) is 5.56 Å². The summed E-state index contributed by atoms with van der Waals surface area (Å²) in [7, 11) is -3.55. The molecule has 1 aromatic rings. The molecule has 0 saturated carbocycles. The SMILES string of the molecule is CCOC(=O)CC(=O)CS(=O)(=O)Cc1ccccc1. The summed E-state index contributed by atoms with van der Waals surface area (Å²) < 4.78 is 28.1. The lowest BCUT2D eigenvalue weighted by molar-refractivity contribution is -0.145. The van der Waals surface area contributed by atoms with Crippen molar-refractivity contribution in [3.8, 4) is 0 Å². The highest BCUT2D eigenvalue weighted by atomic mass is 32.2. The maximum atomic E-state index is 11.8. The Morgan fingerprint density at radius 1 is 1.16 bits per heavy atom. The van der Waals surface area contributed by atoms with E-state index < -0.39 is 33.8 Å². The van der Waals surface area contributed by atoms with Crippen LogP contribution in [0.15, 0.2) is 30.3 Å². The van der Waals surface area contributed by atoms with Crippen LogP contribution < -0.4 is 0 Å². The van der Waals surface area contributed by atoms with Crippen molar-refractivity contribution in [3.05, 3.63) is 35.9 Å². The summed E-state index contributed by atoms with van der Waals surface area (Å²) in [5, 5.41) is 0. The third-order valence-electron chi connectivity index (χ3n) is 2.26. The van der Waals surface area contributed by atoms with Gasteiger partial charge in [-0.3, -0.25) is 9.59 Å². The predicted octanol–water partition coefficient (Wildman–Crippen LogP) is 1.12. The second kappa shape index (κ2) is 7.04. The van der Waals surface area contributed by atoms with E-state index in [1.807, 2.05) is 0 Å². The van der Waals surface area contributed by atoms with Crippen molar-refractivity contribution in [1.29, 1.82) is 0 Å². The summed E-state index contributed by atoms with van der Waals surface area (Å²) in [5.41, 5.74) is 0.617. The fraction of sp³-hybridized carbons (Fsp3) is 0.385. The van der Waals surface area contributed by atoms with Crippen molar-refractivity contribution < 1.29 is 22.7 Å². The molecule has 0 aliphatic carbocycles. The highest BCUT2D eigenvalue weighted by Crippen LogP contribution is 2.07. The highest BCUT2D eigenvalue weighted by molar-refractivity contribution is 7.91. The molecule has 0 amide bonds. The zero-order valence-corrected chi connectivity index (χ0v) is 11.5. The first-order valence-electron chi connectivity index (χ1n) is 5.84. The quantitative estimate of drug-likeness (QED) is 0.554. The topological polar surface area (TPSA) is 77.5 Å². The van der Waals surface area contributed by atoms with Crippen LogP contribution >= 0.6 is 0 Å². The molecule has 0 spiro atoms. The number of hydrogen-bond acceptors (Lipinski definition) is 5. The van der Waals surface area contributed by atoms with E-state index in [1.165, 1.54) is 0 Å². The van der Waals surface area contributed by atoms with Gasteiger partial charge in [0.1, 0.15) is 12.2 Å². The lowest BCUT2D eigenvalue weighted by Gasteiger charge is -2.04. The largest absolute Gasteiger partial charge is 0.466 e. The zero-order chi connectivity index (χ0) is 14.3. The molecule has 0 bridgehead atoms. The number of carbonyl (C=O) groups excluding carboxylic acids is 2. The second-order valence-electron chi connectivity index (χ2n) is 4.04. The van der Waals surface area contributed by atoms with Crippen molar-refractivity contribution in [3.63, 3.8) is 0 Å². The lowest BCUT2D eigenvalue weighted by atomic mass is 10.2. The Kier molecular flexibility index (Phi) is 5.69. The number of ketones is 1. The molecule has 5 nitrogen and oxygen atoms in total. The van der Waals surface area contributed by atoms with Crippen LogP contribution in [0.3, 0.4) is 0 Å². The molecule has 104 valence electrons. The van der Waals surface area contributed by atoms with Gasteiger partial charge in [-0.15, -0.1) is 0 Å². The molecule has 6 heteroatoms. The van der Waals surface area contributed by atoms with Gasteiger partial charge in [0.2, 0.25) is 0 Å². The Balaban J connectivity index is 2.55. The number of sulfone groups is 1. The minimum Gasteiger partial charge on any atom is -0.466 e. The van der Waals surface area contributed by atoms with Crippen LogP contribution in [0.2, 0.25) is 0 Å². The summed E-state index contributed by atoms with van der Waals surface area (Å²) in [6.45, 7) is 1.79. The maximum Gasteiger partial charge on any atom is 0.313 e. The first kappa shape index (κ1) is 15.4. The van der Waals surface area contributed by atoms with Gasteiger partial charge in [-0.1, -0.05) is 30.3 Å². The van der Waals surface area contributed by atoms with Crippen LogP contribution in [0.1, 0.15) is 18.9 Å². The van der Waals surface area contributed by atoms with Crippen LogP contribution in [-0.2, 0) is 29.9 Å². The number of benzene rings is 1. The first-order valence-corrected chi connectivity index (χ1v) is 7.67. The van der Waals surface area contributed by atoms with Crippen LogP contribution in [0.5, 0.6) is 0 Å². The molecule has 0 heterocycles. The van der Waals surface area contributed by atoms with Gasteiger partial charge in [0.25, 0.3) is 0 Å². The number of rotatable bonds is 7. The van der Waals surface area contributed by atoms with Crippen molar-refractivity contribution in [2.24, 2.45) is 0 Å². The van der Waals surface area contributed by atoms with E-state index in [2.05, 4.69) is 4.74 Å². The Morgan fingerprint density at radius 3 is 2.37 bits per heavy atom. The Morgan fingerprint density at radius 2 is 1.79 bits per heavy atom. The normalized spacial score (nSPS) is 11.0. The minimum absolute atomic E-state index is 0.170. The van der Waals surface area contributed by atoms with E-state index in [0.717, 1.165) is 0 Å². The van der Waals surface area contributed by atoms with Crippen LogP contribution in [-0.4, -0.2) is 32.5 Å². The monoisotopic (exact) mass is 284 g/mol. The highest BCUT2D eigenvalue weighted by Gasteiger charge is 2.19. The molecular formula is C13H16O5S. The second-order valence-corrected chi connectivity index (χ2v) is 6.10. The number of hydrogen-bond donors (Lipinski definition) is 0. The van der Waals surface area contributed by atoms with Gasteiger partial charge in [-0.2, -0.15) is 0 Å². The predicted molar refractivity (Wildman–Crippen MR) is 70.2 cm³/mol. The van der Waals surface area contributed by atoms with Gasteiger partial charge >= 0.3 is 5.97 Å². The van der Waals surface area contributed by atoms with E-state index in [-0.39, 0.29) is 12.4 Å². The third-order valence-corrected chi connectivity index (χ3v) is 3.79. The van der Waals surface area contributed by atoms with E-state index >= 15 is 0 Å². The average molecular weight is 284 g/mol. The van der Waals surface area contributed by atoms with E-state index in [9.17, 15) is 18.0 Å². The summed E-state index contributed by atoms with van der Waals surface area (Å²) >= 11 is 0. The molecule has 0 aliphatic heterocycles. The molecule has 0 N–H and O–H groups in total. The van der Waals surface area contributed by atoms with Gasteiger partial charge in [-0.05, 0) is 12.5 Å².